The van der Waals surface area contributed by atoms with Crippen LogP contribution in [0.3, 0.4) is 0 Å². The van der Waals surface area contributed by atoms with Crippen LogP contribution in [0.25, 0.3) is 0 Å². The Bertz CT molecular complexity index is 704. The van der Waals surface area contributed by atoms with Gasteiger partial charge in [-0.15, -0.1) is 0 Å². The van der Waals surface area contributed by atoms with Crippen molar-refractivity contribution in [2.45, 2.75) is 18.9 Å². The molecule has 1 N–H and O–H groups in total. The zero-order valence-corrected chi connectivity index (χ0v) is 13.2. The number of aromatic nitrogens is 1. The Morgan fingerprint density at radius 1 is 1.22 bits per heavy atom. The molecule has 23 heavy (non-hydrogen) atoms. The normalized spacial score (nSPS) is 17.1. The number of carbonyl (C=O) groups excluding carboxylic acids is 2. The summed E-state index contributed by atoms with van der Waals surface area (Å²) >= 11 is 5.84. The second-order valence-corrected chi connectivity index (χ2v) is 5.83. The summed E-state index contributed by atoms with van der Waals surface area (Å²) in [4.78, 5) is 30.6. The van der Waals surface area contributed by atoms with Crippen LogP contribution in [0.5, 0.6) is 0 Å². The maximum atomic E-state index is 12.5. The van der Waals surface area contributed by atoms with Crippen molar-refractivity contribution in [3.05, 3.63) is 59.4 Å². The Kier molecular flexibility index (Phi) is 4.57. The number of hydrogen-bond donors (Lipinski definition) is 1. The van der Waals surface area contributed by atoms with Crippen LogP contribution in [0.15, 0.2) is 48.8 Å². The van der Waals surface area contributed by atoms with Gasteiger partial charge in [-0.2, -0.15) is 0 Å². The van der Waals surface area contributed by atoms with Gasteiger partial charge >= 0.3 is 0 Å². The first-order valence-corrected chi connectivity index (χ1v) is 7.80. The van der Waals surface area contributed by atoms with Crippen molar-refractivity contribution in [2.24, 2.45) is 0 Å². The third kappa shape index (κ3) is 3.51. The van der Waals surface area contributed by atoms with Crippen molar-refractivity contribution in [1.29, 1.82) is 0 Å². The number of amides is 2. The zero-order valence-electron chi connectivity index (χ0n) is 12.4. The van der Waals surface area contributed by atoms with E-state index in [-0.39, 0.29) is 11.8 Å². The molecule has 0 bridgehead atoms. The maximum Gasteiger partial charge on any atom is 0.256 e. The fraction of sp³-hybridized carbons (Fsp3) is 0.235. The predicted octanol–water partition coefficient (Wildman–Crippen LogP) is 2.98. The van der Waals surface area contributed by atoms with Gasteiger partial charge in [0.25, 0.3) is 5.91 Å². The SMILES string of the molecule is O=C(Nc1ccc(Cl)cc1)[C@H]1CCCN1C(=O)c1cccnc1. The first-order valence-electron chi connectivity index (χ1n) is 7.42. The van der Waals surface area contributed by atoms with E-state index < -0.39 is 6.04 Å². The molecule has 2 amide bonds. The van der Waals surface area contributed by atoms with Crippen molar-refractivity contribution < 1.29 is 9.59 Å². The van der Waals surface area contributed by atoms with Gasteiger partial charge in [-0.1, -0.05) is 11.6 Å². The van der Waals surface area contributed by atoms with Crippen molar-refractivity contribution in [1.82, 2.24) is 9.88 Å². The van der Waals surface area contributed by atoms with E-state index in [9.17, 15) is 9.59 Å². The quantitative estimate of drug-likeness (QED) is 0.941. The van der Waals surface area contributed by atoms with E-state index in [1.54, 1.807) is 47.5 Å². The number of likely N-dealkylation sites (tertiary alicyclic amines) is 1. The second kappa shape index (κ2) is 6.79. The summed E-state index contributed by atoms with van der Waals surface area (Å²) in [6.07, 6.45) is 4.61. The number of halogens is 1. The van der Waals surface area contributed by atoms with Gasteiger partial charge < -0.3 is 10.2 Å². The topological polar surface area (TPSA) is 62.3 Å². The molecule has 1 aromatic carbocycles. The average Bonchev–Trinajstić information content (AvgIpc) is 3.07. The highest BCUT2D eigenvalue weighted by molar-refractivity contribution is 6.30. The van der Waals surface area contributed by atoms with Crippen molar-refractivity contribution >= 4 is 29.1 Å². The highest BCUT2D eigenvalue weighted by Crippen LogP contribution is 2.22. The number of nitrogens with one attached hydrogen (secondary N) is 1. The second-order valence-electron chi connectivity index (χ2n) is 5.39. The molecule has 0 aliphatic carbocycles. The lowest BCUT2D eigenvalue weighted by atomic mass is 10.1. The molecule has 0 radical (unpaired) electrons. The van der Waals surface area contributed by atoms with Crippen LogP contribution < -0.4 is 5.32 Å². The number of nitrogens with zero attached hydrogens (tertiary/aromatic N) is 2. The van der Waals surface area contributed by atoms with Gasteiger partial charge in [-0.25, -0.2) is 0 Å². The Morgan fingerprint density at radius 3 is 2.70 bits per heavy atom. The third-order valence-electron chi connectivity index (χ3n) is 3.84. The minimum Gasteiger partial charge on any atom is -0.327 e. The van der Waals surface area contributed by atoms with Gasteiger partial charge in [0.15, 0.2) is 0 Å². The number of anilines is 1. The van der Waals surface area contributed by atoms with E-state index in [4.69, 9.17) is 11.6 Å². The summed E-state index contributed by atoms with van der Waals surface area (Å²) < 4.78 is 0. The fourth-order valence-electron chi connectivity index (χ4n) is 2.70. The molecule has 118 valence electrons. The molecular weight excluding hydrogens is 314 g/mol. The van der Waals surface area contributed by atoms with Gasteiger partial charge in [-0.05, 0) is 49.2 Å². The van der Waals surface area contributed by atoms with Crippen molar-refractivity contribution in [3.63, 3.8) is 0 Å². The number of benzene rings is 1. The highest BCUT2D eigenvalue weighted by Gasteiger charge is 2.34. The summed E-state index contributed by atoms with van der Waals surface area (Å²) in [5, 5.41) is 3.45. The highest BCUT2D eigenvalue weighted by atomic mass is 35.5. The van der Waals surface area contributed by atoms with E-state index in [1.165, 1.54) is 6.20 Å². The molecule has 2 aromatic rings. The Morgan fingerprint density at radius 2 is 2.00 bits per heavy atom. The van der Waals surface area contributed by atoms with E-state index >= 15 is 0 Å². The molecule has 1 aliphatic rings. The molecule has 6 heteroatoms. The minimum atomic E-state index is -0.460. The van der Waals surface area contributed by atoms with Crippen LogP contribution in [0, 0.1) is 0 Å². The summed E-state index contributed by atoms with van der Waals surface area (Å²) in [5.41, 5.74) is 1.17. The molecule has 0 spiro atoms. The Balaban J connectivity index is 1.72. The lowest BCUT2D eigenvalue weighted by molar-refractivity contribution is -0.119. The smallest absolute Gasteiger partial charge is 0.256 e. The summed E-state index contributed by atoms with van der Waals surface area (Å²) in [5.74, 6) is -0.339. The predicted molar refractivity (Wildman–Crippen MR) is 88.4 cm³/mol. The molecule has 1 saturated heterocycles. The molecule has 1 atom stereocenters. The van der Waals surface area contributed by atoms with Crippen LogP contribution in [-0.4, -0.2) is 34.3 Å². The van der Waals surface area contributed by atoms with Crippen LogP contribution in [0.2, 0.25) is 5.02 Å². The van der Waals surface area contributed by atoms with Crippen LogP contribution in [0.4, 0.5) is 5.69 Å². The van der Waals surface area contributed by atoms with E-state index in [1.807, 2.05) is 0 Å². The third-order valence-corrected chi connectivity index (χ3v) is 4.09. The monoisotopic (exact) mass is 329 g/mol. The molecule has 1 fully saturated rings. The van der Waals surface area contributed by atoms with Gasteiger partial charge in [0, 0.05) is 29.6 Å². The van der Waals surface area contributed by atoms with Gasteiger partial charge in [0.1, 0.15) is 6.04 Å². The molecule has 1 aromatic heterocycles. The van der Waals surface area contributed by atoms with Crippen LogP contribution >= 0.6 is 11.6 Å². The fourth-order valence-corrected chi connectivity index (χ4v) is 2.82. The lowest BCUT2D eigenvalue weighted by Gasteiger charge is -2.24. The summed E-state index contributed by atoms with van der Waals surface area (Å²) in [7, 11) is 0. The number of carbonyl (C=O) groups is 2. The van der Waals surface area contributed by atoms with E-state index in [0.717, 1.165) is 6.42 Å². The van der Waals surface area contributed by atoms with Crippen molar-refractivity contribution in [2.75, 3.05) is 11.9 Å². The summed E-state index contributed by atoms with van der Waals surface area (Å²) in [6.45, 7) is 0.576. The number of hydrogen-bond acceptors (Lipinski definition) is 3. The molecule has 0 unspecified atom stereocenters. The molecular formula is C17H16ClN3O2. The largest absolute Gasteiger partial charge is 0.327 e. The molecule has 3 rings (SSSR count). The molecule has 2 heterocycles. The summed E-state index contributed by atoms with van der Waals surface area (Å²) in [6, 6.07) is 9.87. The van der Waals surface area contributed by atoms with Crippen LogP contribution in [-0.2, 0) is 4.79 Å². The number of rotatable bonds is 3. The molecule has 5 nitrogen and oxygen atoms in total. The molecule has 1 aliphatic heterocycles. The minimum absolute atomic E-state index is 0.160. The standard InChI is InChI=1S/C17H16ClN3O2/c18-13-5-7-14(8-6-13)20-16(22)15-4-2-10-21(15)17(23)12-3-1-9-19-11-12/h1,3,5-9,11,15H,2,4,10H2,(H,20,22)/t15-/m1/s1. The van der Waals surface area contributed by atoms with Crippen molar-refractivity contribution in [3.8, 4) is 0 Å². The maximum absolute atomic E-state index is 12.5. The van der Waals surface area contributed by atoms with Gasteiger partial charge in [0.05, 0.1) is 5.56 Å². The van der Waals surface area contributed by atoms with Crippen LogP contribution in [0.1, 0.15) is 23.2 Å². The first-order chi connectivity index (χ1) is 11.1. The Labute approximate surface area is 139 Å². The van der Waals surface area contributed by atoms with E-state index in [0.29, 0.717) is 29.2 Å². The first kappa shape index (κ1) is 15.5. The molecule has 0 saturated carbocycles. The Hall–Kier alpha value is -2.40. The lowest BCUT2D eigenvalue weighted by Crippen LogP contribution is -2.43. The zero-order chi connectivity index (χ0) is 16.2. The average molecular weight is 330 g/mol. The van der Waals surface area contributed by atoms with E-state index in [2.05, 4.69) is 10.3 Å². The van der Waals surface area contributed by atoms with Gasteiger partial charge in [0.2, 0.25) is 5.91 Å². The van der Waals surface area contributed by atoms with Gasteiger partial charge in [-0.3, -0.25) is 14.6 Å². The number of pyridine rings is 1.